The van der Waals surface area contributed by atoms with E-state index in [2.05, 4.69) is 0 Å². The van der Waals surface area contributed by atoms with Gasteiger partial charge in [-0.2, -0.15) is 13.2 Å². The Morgan fingerprint density at radius 3 is 2.72 bits per heavy atom. The SMILES string of the molecule is OC1c2ccccc2CCC1OCCC(F)(F)F. The highest BCUT2D eigenvalue weighted by atomic mass is 19.4. The quantitative estimate of drug-likeness (QED) is 0.905. The van der Waals surface area contributed by atoms with Gasteiger partial charge in [0.25, 0.3) is 0 Å². The zero-order valence-electron chi connectivity index (χ0n) is 9.78. The molecule has 5 heteroatoms. The van der Waals surface area contributed by atoms with Gasteiger partial charge in [0.2, 0.25) is 0 Å². The van der Waals surface area contributed by atoms with E-state index in [1.807, 2.05) is 12.1 Å². The van der Waals surface area contributed by atoms with Gasteiger partial charge in [0.1, 0.15) is 6.10 Å². The van der Waals surface area contributed by atoms with Gasteiger partial charge in [-0.15, -0.1) is 0 Å². The lowest BCUT2D eigenvalue weighted by molar-refractivity contribution is -0.155. The number of hydrogen-bond acceptors (Lipinski definition) is 2. The summed E-state index contributed by atoms with van der Waals surface area (Å²) in [5.74, 6) is 0. The van der Waals surface area contributed by atoms with Gasteiger partial charge in [0.05, 0.1) is 19.1 Å². The van der Waals surface area contributed by atoms with Crippen LogP contribution in [0.3, 0.4) is 0 Å². The average molecular weight is 260 g/mol. The molecular weight excluding hydrogens is 245 g/mol. The molecule has 1 aromatic carbocycles. The molecule has 0 saturated heterocycles. The molecule has 1 aliphatic carbocycles. The number of alkyl halides is 3. The molecule has 0 fully saturated rings. The molecule has 100 valence electrons. The molecular formula is C13H15F3O2. The smallest absolute Gasteiger partial charge is 0.386 e. The number of ether oxygens (including phenoxy) is 1. The molecule has 2 rings (SSSR count). The topological polar surface area (TPSA) is 29.5 Å². The van der Waals surface area contributed by atoms with E-state index in [0.29, 0.717) is 6.42 Å². The van der Waals surface area contributed by atoms with Gasteiger partial charge in [0, 0.05) is 0 Å². The minimum Gasteiger partial charge on any atom is -0.386 e. The summed E-state index contributed by atoms with van der Waals surface area (Å²) < 4.78 is 41.2. The zero-order valence-corrected chi connectivity index (χ0v) is 9.78. The monoisotopic (exact) mass is 260 g/mol. The van der Waals surface area contributed by atoms with E-state index in [1.165, 1.54) is 0 Å². The summed E-state index contributed by atoms with van der Waals surface area (Å²) in [5, 5.41) is 10.0. The second-order valence-electron chi connectivity index (χ2n) is 4.46. The first-order valence-corrected chi connectivity index (χ1v) is 5.91. The van der Waals surface area contributed by atoms with Crippen molar-refractivity contribution in [2.45, 2.75) is 37.6 Å². The highest BCUT2D eigenvalue weighted by Gasteiger charge is 2.31. The van der Waals surface area contributed by atoms with Crippen LogP contribution in [0.4, 0.5) is 13.2 Å². The molecule has 0 aromatic heterocycles. The Balaban J connectivity index is 1.93. The van der Waals surface area contributed by atoms with Gasteiger partial charge in [-0.1, -0.05) is 24.3 Å². The van der Waals surface area contributed by atoms with Crippen LogP contribution in [0, 0.1) is 0 Å². The maximum atomic E-state index is 12.0. The van der Waals surface area contributed by atoms with Crippen molar-refractivity contribution in [2.24, 2.45) is 0 Å². The van der Waals surface area contributed by atoms with Gasteiger partial charge in [-0.05, 0) is 24.0 Å². The molecule has 1 aromatic rings. The lowest BCUT2D eigenvalue weighted by Gasteiger charge is -2.30. The van der Waals surface area contributed by atoms with Crippen molar-refractivity contribution in [1.82, 2.24) is 0 Å². The minimum absolute atomic E-state index is 0.395. The van der Waals surface area contributed by atoms with Crippen LogP contribution in [-0.2, 0) is 11.2 Å². The molecule has 0 heterocycles. The Bertz CT molecular complexity index is 403. The number of hydrogen-bond donors (Lipinski definition) is 1. The van der Waals surface area contributed by atoms with Gasteiger partial charge < -0.3 is 9.84 Å². The molecule has 2 atom stereocenters. The Morgan fingerprint density at radius 2 is 2.00 bits per heavy atom. The summed E-state index contributed by atoms with van der Waals surface area (Å²) in [4.78, 5) is 0. The van der Waals surface area contributed by atoms with Gasteiger partial charge in [-0.3, -0.25) is 0 Å². The molecule has 18 heavy (non-hydrogen) atoms. The van der Waals surface area contributed by atoms with E-state index in [9.17, 15) is 18.3 Å². The summed E-state index contributed by atoms with van der Waals surface area (Å²) in [7, 11) is 0. The third kappa shape index (κ3) is 3.23. The number of fused-ring (bicyclic) bond motifs is 1. The fourth-order valence-electron chi connectivity index (χ4n) is 2.21. The Kier molecular flexibility index (Phi) is 3.92. The van der Waals surface area contributed by atoms with E-state index in [1.54, 1.807) is 12.1 Å². The van der Waals surface area contributed by atoms with Crippen molar-refractivity contribution in [3.8, 4) is 0 Å². The second-order valence-corrected chi connectivity index (χ2v) is 4.46. The van der Waals surface area contributed by atoms with E-state index in [-0.39, 0.29) is 0 Å². The molecule has 0 aliphatic heterocycles. The molecule has 1 N–H and O–H groups in total. The first-order chi connectivity index (χ1) is 8.47. The predicted molar refractivity (Wildman–Crippen MR) is 60.1 cm³/mol. The van der Waals surface area contributed by atoms with Gasteiger partial charge in [-0.25, -0.2) is 0 Å². The first-order valence-electron chi connectivity index (χ1n) is 5.91. The largest absolute Gasteiger partial charge is 0.391 e. The molecule has 2 nitrogen and oxygen atoms in total. The van der Waals surface area contributed by atoms with E-state index in [0.717, 1.165) is 17.5 Å². The predicted octanol–water partition coefficient (Wildman–Crippen LogP) is 3.00. The number of aliphatic hydroxyl groups excluding tert-OH is 1. The number of halogens is 3. The first kappa shape index (κ1) is 13.4. The third-order valence-corrected chi connectivity index (χ3v) is 3.14. The molecule has 0 spiro atoms. The van der Waals surface area contributed by atoms with Crippen molar-refractivity contribution in [3.05, 3.63) is 35.4 Å². The lowest BCUT2D eigenvalue weighted by atomic mass is 9.87. The number of benzene rings is 1. The van der Waals surface area contributed by atoms with Crippen LogP contribution in [0.25, 0.3) is 0 Å². The van der Waals surface area contributed by atoms with Crippen molar-refractivity contribution < 1.29 is 23.0 Å². The van der Waals surface area contributed by atoms with Crippen LogP contribution in [0.5, 0.6) is 0 Å². The molecule has 0 amide bonds. The minimum atomic E-state index is -4.21. The van der Waals surface area contributed by atoms with Crippen LogP contribution < -0.4 is 0 Å². The van der Waals surface area contributed by atoms with Crippen molar-refractivity contribution in [1.29, 1.82) is 0 Å². The van der Waals surface area contributed by atoms with Gasteiger partial charge in [0.15, 0.2) is 0 Å². The molecule has 2 unspecified atom stereocenters. The second kappa shape index (κ2) is 5.28. The van der Waals surface area contributed by atoms with E-state index in [4.69, 9.17) is 4.74 Å². The molecule has 1 aliphatic rings. The Labute approximate surface area is 103 Å². The highest BCUT2D eigenvalue weighted by molar-refractivity contribution is 5.32. The standard InChI is InChI=1S/C13H15F3O2/c14-13(15,16)7-8-18-11-6-5-9-3-1-2-4-10(9)12(11)17/h1-4,11-12,17H,5-8H2. The summed E-state index contributed by atoms with van der Waals surface area (Å²) >= 11 is 0. The number of aliphatic hydroxyl groups is 1. The fourth-order valence-corrected chi connectivity index (χ4v) is 2.21. The van der Waals surface area contributed by atoms with Crippen LogP contribution in [0.15, 0.2) is 24.3 Å². The van der Waals surface area contributed by atoms with E-state index < -0.39 is 31.4 Å². The van der Waals surface area contributed by atoms with Crippen LogP contribution in [0.1, 0.15) is 30.1 Å². The summed E-state index contributed by atoms with van der Waals surface area (Å²) in [6.07, 6.45) is -5.28. The Hall–Kier alpha value is -1.07. The average Bonchev–Trinajstić information content (AvgIpc) is 2.31. The van der Waals surface area contributed by atoms with E-state index >= 15 is 0 Å². The maximum Gasteiger partial charge on any atom is 0.391 e. The molecule has 0 bridgehead atoms. The fraction of sp³-hybridized carbons (Fsp3) is 0.538. The van der Waals surface area contributed by atoms with Crippen molar-refractivity contribution in [3.63, 3.8) is 0 Å². The van der Waals surface area contributed by atoms with Crippen LogP contribution >= 0.6 is 0 Å². The van der Waals surface area contributed by atoms with Crippen LogP contribution in [0.2, 0.25) is 0 Å². The lowest BCUT2D eigenvalue weighted by Crippen LogP contribution is -2.29. The summed E-state index contributed by atoms with van der Waals surface area (Å²) in [6, 6.07) is 7.40. The van der Waals surface area contributed by atoms with Crippen molar-refractivity contribution >= 4 is 0 Å². The molecule has 0 radical (unpaired) electrons. The number of aryl methyl sites for hydroxylation is 1. The normalized spacial score (nSPS) is 23.8. The Morgan fingerprint density at radius 1 is 1.28 bits per heavy atom. The summed E-state index contributed by atoms with van der Waals surface area (Å²) in [6.45, 7) is -0.395. The van der Waals surface area contributed by atoms with Crippen molar-refractivity contribution in [2.75, 3.05) is 6.61 Å². The molecule has 0 saturated carbocycles. The van der Waals surface area contributed by atoms with Gasteiger partial charge >= 0.3 is 6.18 Å². The third-order valence-electron chi connectivity index (χ3n) is 3.14. The zero-order chi connectivity index (χ0) is 13.2. The number of rotatable bonds is 3. The maximum absolute atomic E-state index is 12.0. The summed E-state index contributed by atoms with van der Waals surface area (Å²) in [5.41, 5.74) is 1.81. The van der Waals surface area contributed by atoms with Crippen LogP contribution in [-0.4, -0.2) is 24.0 Å². The highest BCUT2D eigenvalue weighted by Crippen LogP contribution is 2.32.